The SMILES string of the molecule is COc1ccccc1C1CCN(Cc2ccn(Cc3ccccc3)c(=O)c2O)CC1. The number of aromatic hydroxyl groups is 1. The van der Waals surface area contributed by atoms with Gasteiger partial charge in [-0.15, -0.1) is 0 Å². The van der Waals surface area contributed by atoms with E-state index in [1.165, 1.54) is 5.56 Å². The predicted molar refractivity (Wildman–Crippen MR) is 118 cm³/mol. The molecule has 0 spiro atoms. The number of methoxy groups -OCH3 is 1. The lowest BCUT2D eigenvalue weighted by Gasteiger charge is -2.32. The second kappa shape index (κ2) is 9.18. The second-order valence-corrected chi connectivity index (χ2v) is 7.90. The van der Waals surface area contributed by atoms with Crippen molar-refractivity contribution in [3.63, 3.8) is 0 Å². The highest BCUT2D eigenvalue weighted by Gasteiger charge is 2.23. The van der Waals surface area contributed by atoms with Gasteiger partial charge in [-0.25, -0.2) is 0 Å². The van der Waals surface area contributed by atoms with Gasteiger partial charge < -0.3 is 14.4 Å². The highest BCUT2D eigenvalue weighted by molar-refractivity contribution is 5.36. The Morgan fingerprint density at radius 3 is 2.40 bits per heavy atom. The minimum absolute atomic E-state index is 0.139. The summed E-state index contributed by atoms with van der Waals surface area (Å²) in [6.07, 6.45) is 3.85. The molecule has 0 bridgehead atoms. The number of nitrogens with zero attached hydrogens (tertiary/aromatic N) is 2. The molecule has 2 heterocycles. The van der Waals surface area contributed by atoms with Crippen LogP contribution in [-0.2, 0) is 13.1 Å². The Labute approximate surface area is 177 Å². The van der Waals surface area contributed by atoms with Gasteiger partial charge >= 0.3 is 0 Å². The fourth-order valence-electron chi connectivity index (χ4n) is 4.28. The molecule has 1 fully saturated rings. The van der Waals surface area contributed by atoms with Crippen LogP contribution in [0.15, 0.2) is 71.7 Å². The van der Waals surface area contributed by atoms with E-state index in [-0.39, 0.29) is 11.3 Å². The number of benzene rings is 2. The van der Waals surface area contributed by atoms with Crippen molar-refractivity contribution in [3.8, 4) is 11.5 Å². The molecule has 156 valence electrons. The van der Waals surface area contributed by atoms with Crippen LogP contribution in [0.25, 0.3) is 0 Å². The number of pyridine rings is 1. The van der Waals surface area contributed by atoms with Gasteiger partial charge in [-0.3, -0.25) is 9.69 Å². The molecule has 5 nitrogen and oxygen atoms in total. The quantitative estimate of drug-likeness (QED) is 0.675. The smallest absolute Gasteiger partial charge is 0.293 e. The number of likely N-dealkylation sites (tertiary alicyclic amines) is 1. The highest BCUT2D eigenvalue weighted by Crippen LogP contribution is 2.34. The molecule has 0 amide bonds. The molecule has 0 saturated carbocycles. The van der Waals surface area contributed by atoms with Gasteiger partial charge in [0.1, 0.15) is 5.75 Å². The standard InChI is InChI=1S/C25H28N2O3/c1-30-23-10-6-5-9-22(23)20-11-14-26(15-12-20)18-21-13-16-27(25(29)24(21)28)17-19-7-3-2-4-8-19/h2-10,13,16,20,28H,11-12,14-15,17-18H2,1H3. The van der Waals surface area contributed by atoms with Crippen LogP contribution in [0.4, 0.5) is 0 Å². The number of hydrogen-bond acceptors (Lipinski definition) is 4. The van der Waals surface area contributed by atoms with Crippen molar-refractivity contribution in [1.29, 1.82) is 0 Å². The Kier molecular flexibility index (Phi) is 6.19. The molecule has 5 heteroatoms. The van der Waals surface area contributed by atoms with Gasteiger partial charge in [0, 0.05) is 18.3 Å². The molecular weight excluding hydrogens is 376 g/mol. The fraction of sp³-hybridized carbons (Fsp3) is 0.320. The van der Waals surface area contributed by atoms with Gasteiger partial charge in [-0.1, -0.05) is 48.5 Å². The largest absolute Gasteiger partial charge is 0.503 e. The lowest BCUT2D eigenvalue weighted by Crippen LogP contribution is -2.33. The fourth-order valence-corrected chi connectivity index (χ4v) is 4.28. The molecule has 30 heavy (non-hydrogen) atoms. The van der Waals surface area contributed by atoms with Crippen LogP contribution in [0, 0.1) is 0 Å². The molecule has 0 aliphatic carbocycles. The first kappa shape index (κ1) is 20.2. The zero-order valence-electron chi connectivity index (χ0n) is 17.3. The Morgan fingerprint density at radius 1 is 0.967 bits per heavy atom. The number of para-hydroxylation sites is 1. The first-order valence-electron chi connectivity index (χ1n) is 10.5. The van der Waals surface area contributed by atoms with Crippen molar-refractivity contribution < 1.29 is 9.84 Å². The van der Waals surface area contributed by atoms with Crippen LogP contribution < -0.4 is 10.3 Å². The zero-order chi connectivity index (χ0) is 20.9. The van der Waals surface area contributed by atoms with Crippen LogP contribution >= 0.6 is 0 Å². The minimum Gasteiger partial charge on any atom is -0.503 e. The van der Waals surface area contributed by atoms with Crippen LogP contribution in [0.3, 0.4) is 0 Å². The summed E-state index contributed by atoms with van der Waals surface area (Å²) in [7, 11) is 1.72. The van der Waals surface area contributed by atoms with E-state index in [9.17, 15) is 9.90 Å². The van der Waals surface area contributed by atoms with E-state index in [1.807, 2.05) is 48.5 Å². The minimum atomic E-state index is -0.333. The Hall–Kier alpha value is -3.05. The van der Waals surface area contributed by atoms with Gasteiger partial charge in [0.15, 0.2) is 5.75 Å². The molecule has 3 aromatic rings. The van der Waals surface area contributed by atoms with Crippen LogP contribution in [-0.4, -0.2) is 34.8 Å². The summed E-state index contributed by atoms with van der Waals surface area (Å²) in [6.45, 7) is 2.90. The summed E-state index contributed by atoms with van der Waals surface area (Å²) in [6, 6.07) is 19.9. The maximum absolute atomic E-state index is 12.6. The van der Waals surface area contributed by atoms with Gasteiger partial charge in [0.05, 0.1) is 13.7 Å². The number of piperidine rings is 1. The van der Waals surface area contributed by atoms with Gasteiger partial charge in [0.25, 0.3) is 5.56 Å². The lowest BCUT2D eigenvalue weighted by molar-refractivity contribution is 0.201. The highest BCUT2D eigenvalue weighted by atomic mass is 16.5. The van der Waals surface area contributed by atoms with E-state index in [0.29, 0.717) is 24.6 Å². The summed E-state index contributed by atoms with van der Waals surface area (Å²) < 4.78 is 7.08. The third-order valence-corrected chi connectivity index (χ3v) is 5.98. The molecule has 1 aliphatic rings. The van der Waals surface area contributed by atoms with E-state index in [2.05, 4.69) is 17.0 Å². The van der Waals surface area contributed by atoms with Crippen molar-refractivity contribution in [2.75, 3.05) is 20.2 Å². The molecule has 0 atom stereocenters. The Balaban J connectivity index is 1.41. The van der Waals surface area contributed by atoms with Crippen LogP contribution in [0.2, 0.25) is 0 Å². The van der Waals surface area contributed by atoms with E-state index in [4.69, 9.17) is 4.74 Å². The van der Waals surface area contributed by atoms with Crippen LogP contribution in [0.1, 0.15) is 35.4 Å². The van der Waals surface area contributed by atoms with Crippen molar-refractivity contribution in [1.82, 2.24) is 9.47 Å². The monoisotopic (exact) mass is 404 g/mol. The number of rotatable bonds is 6. The van der Waals surface area contributed by atoms with Crippen molar-refractivity contribution in [2.24, 2.45) is 0 Å². The number of aromatic nitrogens is 1. The number of hydrogen-bond donors (Lipinski definition) is 1. The summed E-state index contributed by atoms with van der Waals surface area (Å²) >= 11 is 0. The van der Waals surface area contributed by atoms with E-state index < -0.39 is 0 Å². The molecule has 1 saturated heterocycles. The number of ether oxygens (including phenoxy) is 1. The molecule has 1 aromatic heterocycles. The maximum Gasteiger partial charge on any atom is 0.293 e. The normalized spacial score (nSPS) is 15.2. The first-order chi connectivity index (χ1) is 14.7. The maximum atomic E-state index is 12.6. The molecule has 2 aromatic carbocycles. The van der Waals surface area contributed by atoms with Gasteiger partial charge in [0.2, 0.25) is 0 Å². The molecule has 0 unspecified atom stereocenters. The average molecular weight is 405 g/mol. The van der Waals surface area contributed by atoms with E-state index >= 15 is 0 Å². The summed E-state index contributed by atoms with van der Waals surface area (Å²) in [5.41, 5.74) is 2.66. The summed E-state index contributed by atoms with van der Waals surface area (Å²) in [5, 5.41) is 10.5. The van der Waals surface area contributed by atoms with Crippen molar-refractivity contribution >= 4 is 0 Å². The molecule has 1 N–H and O–H groups in total. The zero-order valence-corrected chi connectivity index (χ0v) is 17.3. The summed E-state index contributed by atoms with van der Waals surface area (Å²) in [5.74, 6) is 1.29. The van der Waals surface area contributed by atoms with Crippen LogP contribution in [0.5, 0.6) is 11.5 Å². The Morgan fingerprint density at radius 2 is 1.67 bits per heavy atom. The molecule has 4 rings (SSSR count). The average Bonchev–Trinajstić information content (AvgIpc) is 2.80. The third kappa shape index (κ3) is 4.41. The van der Waals surface area contributed by atoms with E-state index in [1.54, 1.807) is 17.9 Å². The van der Waals surface area contributed by atoms with Crippen molar-refractivity contribution in [3.05, 3.63) is 93.9 Å². The molecule has 1 aliphatic heterocycles. The first-order valence-corrected chi connectivity index (χ1v) is 10.5. The second-order valence-electron chi connectivity index (χ2n) is 7.90. The summed E-state index contributed by atoms with van der Waals surface area (Å²) in [4.78, 5) is 14.9. The molecule has 0 radical (unpaired) electrons. The lowest BCUT2D eigenvalue weighted by atomic mass is 9.88. The Bertz CT molecular complexity index is 1040. The third-order valence-electron chi connectivity index (χ3n) is 5.98. The van der Waals surface area contributed by atoms with E-state index in [0.717, 1.165) is 37.2 Å². The topological polar surface area (TPSA) is 54.7 Å². The van der Waals surface area contributed by atoms with Crippen molar-refractivity contribution in [2.45, 2.75) is 31.8 Å². The molecular formula is C25H28N2O3. The van der Waals surface area contributed by atoms with Gasteiger partial charge in [-0.2, -0.15) is 0 Å². The van der Waals surface area contributed by atoms with Gasteiger partial charge in [-0.05, 0) is 55.1 Å². The predicted octanol–water partition coefficient (Wildman–Crippen LogP) is 3.99.